The monoisotopic (exact) mass is 316 g/mol. The second-order valence-electron chi connectivity index (χ2n) is 5.30. The number of anilines is 1. The van der Waals surface area contributed by atoms with E-state index in [2.05, 4.69) is 9.88 Å². The molecule has 2 aromatic rings. The summed E-state index contributed by atoms with van der Waals surface area (Å²) in [4.78, 5) is 20.3. The molecule has 1 aliphatic rings. The maximum atomic E-state index is 12.3. The minimum atomic E-state index is -0.0367. The Balaban J connectivity index is 1.68. The Labute approximate surface area is 135 Å². The highest BCUT2D eigenvalue weighted by molar-refractivity contribution is 5.77. The molecule has 1 amide bonds. The third kappa shape index (κ3) is 3.23. The molecule has 2 heterocycles. The molecule has 0 aliphatic carbocycles. The van der Waals surface area contributed by atoms with Crippen LogP contribution in [0.1, 0.15) is 0 Å². The van der Waals surface area contributed by atoms with Crippen molar-refractivity contribution < 1.29 is 14.3 Å². The lowest BCUT2D eigenvalue weighted by molar-refractivity contribution is 0.196. The van der Waals surface area contributed by atoms with Crippen LogP contribution >= 0.6 is 0 Å². The smallest absolute Gasteiger partial charge is 0.329 e. The molecule has 0 radical (unpaired) electrons. The van der Waals surface area contributed by atoms with Crippen LogP contribution in [0.25, 0.3) is 0 Å². The number of aromatic nitrogens is 2. The van der Waals surface area contributed by atoms with E-state index in [0.717, 1.165) is 30.3 Å². The highest BCUT2D eigenvalue weighted by atomic mass is 16.5. The van der Waals surface area contributed by atoms with Crippen molar-refractivity contribution in [2.75, 3.05) is 45.3 Å². The summed E-state index contributed by atoms with van der Waals surface area (Å²) in [5.41, 5.74) is 1.04. The van der Waals surface area contributed by atoms with Gasteiger partial charge >= 0.3 is 6.03 Å². The largest absolute Gasteiger partial charge is 0.497 e. The molecule has 0 bridgehead atoms. The Kier molecular flexibility index (Phi) is 4.36. The Morgan fingerprint density at radius 3 is 2.22 bits per heavy atom. The number of hydrogen-bond acceptors (Lipinski definition) is 5. The second kappa shape index (κ2) is 6.60. The zero-order chi connectivity index (χ0) is 16.2. The number of hydrogen-bond donors (Lipinski definition) is 0. The lowest BCUT2D eigenvalue weighted by Crippen LogP contribution is -2.49. The Morgan fingerprint density at radius 1 is 1.04 bits per heavy atom. The van der Waals surface area contributed by atoms with Gasteiger partial charge in [-0.15, -0.1) is 0 Å². The topological polar surface area (TPSA) is 59.8 Å². The maximum absolute atomic E-state index is 12.3. The number of rotatable bonds is 3. The van der Waals surface area contributed by atoms with Gasteiger partial charge in [0.1, 0.15) is 17.8 Å². The van der Waals surface area contributed by atoms with Crippen molar-refractivity contribution in [3.8, 4) is 11.5 Å². The fourth-order valence-electron chi connectivity index (χ4n) is 2.67. The number of methoxy groups -OCH3 is 2. The summed E-state index contributed by atoms with van der Waals surface area (Å²) in [6.45, 7) is 2.85. The van der Waals surface area contributed by atoms with Gasteiger partial charge in [0.2, 0.25) is 0 Å². The fraction of sp³-hybridized carbons (Fsp3) is 0.375. The molecule has 1 saturated heterocycles. The predicted molar refractivity (Wildman–Crippen MR) is 86.4 cm³/mol. The molecule has 1 fully saturated rings. The van der Waals surface area contributed by atoms with Gasteiger partial charge in [-0.1, -0.05) is 0 Å². The van der Waals surface area contributed by atoms with Gasteiger partial charge in [-0.05, 0) is 0 Å². The van der Waals surface area contributed by atoms with Gasteiger partial charge in [0.25, 0.3) is 0 Å². The zero-order valence-corrected chi connectivity index (χ0v) is 13.3. The van der Waals surface area contributed by atoms with Crippen molar-refractivity contribution in [3.63, 3.8) is 0 Å². The van der Waals surface area contributed by atoms with Gasteiger partial charge in [-0.2, -0.15) is 0 Å². The molecule has 1 aliphatic heterocycles. The van der Waals surface area contributed by atoms with Gasteiger partial charge in [-0.3, -0.25) is 4.57 Å². The van der Waals surface area contributed by atoms with Crippen molar-refractivity contribution in [2.45, 2.75) is 0 Å². The average Bonchev–Trinajstić information content (AvgIpc) is 3.15. The number of piperazine rings is 1. The highest BCUT2D eigenvalue weighted by Crippen LogP contribution is 2.29. The number of amides is 1. The van der Waals surface area contributed by atoms with Crippen LogP contribution in [0.5, 0.6) is 11.5 Å². The van der Waals surface area contributed by atoms with Crippen molar-refractivity contribution in [2.24, 2.45) is 0 Å². The first-order valence-electron chi connectivity index (χ1n) is 7.46. The maximum Gasteiger partial charge on any atom is 0.329 e. The molecule has 0 saturated carbocycles. The van der Waals surface area contributed by atoms with Gasteiger partial charge in [-0.25, -0.2) is 9.78 Å². The molecule has 7 nitrogen and oxygen atoms in total. The van der Waals surface area contributed by atoms with Crippen LogP contribution in [-0.2, 0) is 0 Å². The van der Waals surface area contributed by atoms with E-state index in [1.165, 1.54) is 10.9 Å². The van der Waals surface area contributed by atoms with E-state index in [-0.39, 0.29) is 6.03 Å². The Morgan fingerprint density at radius 2 is 1.70 bits per heavy atom. The Hall–Kier alpha value is -2.70. The summed E-state index contributed by atoms with van der Waals surface area (Å²) in [6.07, 6.45) is 4.81. The molecule has 122 valence electrons. The number of benzene rings is 1. The van der Waals surface area contributed by atoms with E-state index in [9.17, 15) is 4.79 Å². The summed E-state index contributed by atoms with van der Waals surface area (Å²) in [6, 6.07) is 5.78. The standard InChI is InChI=1S/C16H20N4O3/c1-22-14-9-13(10-15(11-14)23-2)18-5-7-19(8-6-18)16(21)20-4-3-17-12-20/h3-4,9-12H,5-8H2,1-2H3. The third-order valence-corrected chi connectivity index (χ3v) is 3.98. The number of ether oxygens (including phenoxy) is 2. The number of nitrogens with zero attached hydrogens (tertiary/aromatic N) is 4. The van der Waals surface area contributed by atoms with Crippen LogP contribution in [0.2, 0.25) is 0 Å². The van der Waals surface area contributed by atoms with E-state index in [4.69, 9.17) is 9.47 Å². The van der Waals surface area contributed by atoms with Gasteiger partial charge in [0.15, 0.2) is 0 Å². The van der Waals surface area contributed by atoms with Gasteiger partial charge in [0, 0.05) is 62.5 Å². The van der Waals surface area contributed by atoms with Crippen molar-refractivity contribution >= 4 is 11.7 Å². The van der Waals surface area contributed by atoms with E-state index in [1.54, 1.807) is 26.6 Å². The van der Waals surface area contributed by atoms with E-state index in [1.807, 2.05) is 23.1 Å². The number of imidazole rings is 1. The van der Waals surface area contributed by atoms with Crippen molar-refractivity contribution in [1.29, 1.82) is 0 Å². The van der Waals surface area contributed by atoms with Crippen LogP contribution in [0, 0.1) is 0 Å². The quantitative estimate of drug-likeness (QED) is 0.862. The lowest BCUT2D eigenvalue weighted by atomic mass is 10.2. The number of carbonyl (C=O) groups is 1. The fourth-order valence-corrected chi connectivity index (χ4v) is 2.67. The average molecular weight is 316 g/mol. The summed E-state index contributed by atoms with van der Waals surface area (Å²) < 4.78 is 12.1. The van der Waals surface area contributed by atoms with Crippen LogP contribution in [0.4, 0.5) is 10.5 Å². The van der Waals surface area contributed by atoms with E-state index in [0.29, 0.717) is 13.1 Å². The van der Waals surface area contributed by atoms with Crippen LogP contribution in [0.3, 0.4) is 0 Å². The first-order chi connectivity index (χ1) is 11.2. The first kappa shape index (κ1) is 15.2. The van der Waals surface area contributed by atoms with E-state index >= 15 is 0 Å². The highest BCUT2D eigenvalue weighted by Gasteiger charge is 2.22. The summed E-state index contributed by atoms with van der Waals surface area (Å²) in [5.74, 6) is 1.52. The molecular weight excluding hydrogens is 296 g/mol. The molecule has 3 rings (SSSR count). The van der Waals surface area contributed by atoms with Crippen LogP contribution < -0.4 is 14.4 Å². The number of carbonyl (C=O) groups excluding carboxylic acids is 1. The second-order valence-corrected chi connectivity index (χ2v) is 5.30. The van der Waals surface area contributed by atoms with Gasteiger partial charge in [0.05, 0.1) is 14.2 Å². The molecule has 0 atom stereocenters. The molecule has 7 heteroatoms. The molecule has 23 heavy (non-hydrogen) atoms. The minimum Gasteiger partial charge on any atom is -0.497 e. The summed E-state index contributed by atoms with van der Waals surface area (Å²) in [7, 11) is 3.28. The SMILES string of the molecule is COc1cc(OC)cc(N2CCN(C(=O)n3ccnc3)CC2)c1. The third-order valence-electron chi connectivity index (χ3n) is 3.98. The molecule has 1 aromatic carbocycles. The normalized spacial score (nSPS) is 14.7. The molecule has 0 unspecified atom stereocenters. The molecule has 1 aromatic heterocycles. The first-order valence-corrected chi connectivity index (χ1v) is 7.46. The molecule has 0 N–H and O–H groups in total. The summed E-state index contributed by atoms with van der Waals surface area (Å²) in [5, 5.41) is 0. The van der Waals surface area contributed by atoms with E-state index < -0.39 is 0 Å². The molecule has 0 spiro atoms. The van der Waals surface area contributed by atoms with Crippen LogP contribution in [0.15, 0.2) is 36.9 Å². The lowest BCUT2D eigenvalue weighted by Gasteiger charge is -2.36. The van der Waals surface area contributed by atoms with Gasteiger partial charge < -0.3 is 19.3 Å². The predicted octanol–water partition coefficient (Wildman–Crippen LogP) is 1.69. The molecular formula is C16H20N4O3. The summed E-state index contributed by atoms with van der Waals surface area (Å²) >= 11 is 0. The minimum absolute atomic E-state index is 0.0367. The van der Waals surface area contributed by atoms with Crippen molar-refractivity contribution in [1.82, 2.24) is 14.5 Å². The Bertz CT molecular complexity index is 642. The zero-order valence-electron chi connectivity index (χ0n) is 13.3. The van der Waals surface area contributed by atoms with Crippen molar-refractivity contribution in [3.05, 3.63) is 36.9 Å². The van der Waals surface area contributed by atoms with Crippen LogP contribution in [-0.4, -0.2) is 60.9 Å².